The van der Waals surface area contributed by atoms with E-state index in [1.54, 1.807) is 0 Å². The fourth-order valence-electron chi connectivity index (χ4n) is 1.52. The largest absolute Gasteiger partial charge is 0.389 e. The molecular formula is C14H31NO2. The van der Waals surface area contributed by atoms with Crippen LogP contribution in [-0.2, 0) is 4.74 Å². The Hall–Kier alpha value is -0.120. The van der Waals surface area contributed by atoms with E-state index in [0.29, 0.717) is 25.1 Å². The molecule has 0 saturated carbocycles. The van der Waals surface area contributed by atoms with E-state index in [1.807, 2.05) is 0 Å². The lowest BCUT2D eigenvalue weighted by Crippen LogP contribution is -2.36. The van der Waals surface area contributed by atoms with E-state index in [-0.39, 0.29) is 0 Å². The van der Waals surface area contributed by atoms with Crippen LogP contribution in [0.4, 0.5) is 0 Å². The minimum atomic E-state index is -0.393. The Labute approximate surface area is 107 Å². The molecule has 0 radical (unpaired) electrons. The molecule has 0 fully saturated rings. The van der Waals surface area contributed by atoms with Crippen LogP contribution in [0.1, 0.15) is 47.5 Å². The average molecular weight is 245 g/mol. The summed E-state index contributed by atoms with van der Waals surface area (Å²) in [6.07, 6.45) is 2.00. The molecule has 0 bridgehead atoms. The third-order valence-electron chi connectivity index (χ3n) is 2.64. The highest BCUT2D eigenvalue weighted by Gasteiger charge is 2.08. The van der Waals surface area contributed by atoms with Gasteiger partial charge in [-0.15, -0.1) is 0 Å². The second-order valence-corrected chi connectivity index (χ2v) is 5.87. The first-order valence-corrected chi connectivity index (χ1v) is 6.91. The van der Waals surface area contributed by atoms with Crippen molar-refractivity contribution in [2.75, 3.05) is 19.8 Å². The van der Waals surface area contributed by atoms with Crippen molar-refractivity contribution in [3.63, 3.8) is 0 Å². The average Bonchev–Trinajstić information content (AvgIpc) is 2.23. The van der Waals surface area contributed by atoms with Crippen LogP contribution in [0.2, 0.25) is 0 Å². The number of nitrogens with one attached hydrogen (secondary N) is 1. The maximum absolute atomic E-state index is 9.70. The summed E-state index contributed by atoms with van der Waals surface area (Å²) in [5, 5.41) is 13.0. The molecule has 0 unspecified atom stereocenters. The highest BCUT2D eigenvalue weighted by molar-refractivity contribution is 4.66. The zero-order valence-corrected chi connectivity index (χ0v) is 12.2. The maximum atomic E-state index is 9.70. The quantitative estimate of drug-likeness (QED) is 0.621. The van der Waals surface area contributed by atoms with Crippen LogP contribution in [0.15, 0.2) is 0 Å². The zero-order valence-electron chi connectivity index (χ0n) is 12.2. The minimum absolute atomic E-state index is 0.393. The van der Waals surface area contributed by atoms with Crippen molar-refractivity contribution in [3.8, 4) is 0 Å². The van der Waals surface area contributed by atoms with Gasteiger partial charge in [-0.25, -0.2) is 0 Å². The lowest BCUT2D eigenvalue weighted by molar-refractivity contribution is 0.0250. The topological polar surface area (TPSA) is 41.5 Å². The number of rotatable bonds is 10. The first-order chi connectivity index (χ1) is 7.91. The Morgan fingerprint density at radius 1 is 0.941 bits per heavy atom. The molecule has 2 N–H and O–H groups in total. The molecule has 0 rings (SSSR count). The number of aliphatic hydroxyl groups is 1. The Morgan fingerprint density at radius 2 is 1.59 bits per heavy atom. The molecular weight excluding hydrogens is 214 g/mol. The second kappa shape index (κ2) is 9.86. The monoisotopic (exact) mass is 245 g/mol. The van der Waals surface area contributed by atoms with Crippen LogP contribution < -0.4 is 5.32 Å². The Morgan fingerprint density at radius 3 is 2.12 bits per heavy atom. The van der Waals surface area contributed by atoms with Gasteiger partial charge in [0.2, 0.25) is 0 Å². The molecule has 0 aliphatic carbocycles. The molecule has 0 saturated heterocycles. The van der Waals surface area contributed by atoms with Crippen molar-refractivity contribution in [1.29, 1.82) is 0 Å². The van der Waals surface area contributed by atoms with E-state index in [2.05, 4.69) is 39.9 Å². The number of hydrogen-bond acceptors (Lipinski definition) is 3. The summed E-state index contributed by atoms with van der Waals surface area (Å²) in [4.78, 5) is 0. The molecule has 0 aliphatic heterocycles. The summed E-state index contributed by atoms with van der Waals surface area (Å²) in [6.45, 7) is 12.6. The Balaban J connectivity index is 3.45. The van der Waals surface area contributed by atoms with Gasteiger partial charge in [-0.3, -0.25) is 0 Å². The summed E-state index contributed by atoms with van der Waals surface area (Å²) in [6, 6.07) is 0.470. The van der Waals surface area contributed by atoms with E-state index in [4.69, 9.17) is 4.74 Å². The van der Waals surface area contributed by atoms with Crippen LogP contribution in [0.3, 0.4) is 0 Å². The van der Waals surface area contributed by atoms with Crippen molar-refractivity contribution in [2.45, 2.75) is 59.6 Å². The molecule has 104 valence electrons. The number of aliphatic hydroxyl groups excluding tert-OH is 1. The fourth-order valence-corrected chi connectivity index (χ4v) is 1.52. The van der Waals surface area contributed by atoms with E-state index < -0.39 is 6.10 Å². The molecule has 0 aromatic heterocycles. The number of hydrogen-bond donors (Lipinski definition) is 2. The number of ether oxygens (including phenoxy) is 1. The summed E-state index contributed by atoms with van der Waals surface area (Å²) >= 11 is 0. The normalized spacial score (nSPS) is 15.5. The van der Waals surface area contributed by atoms with Crippen molar-refractivity contribution in [3.05, 3.63) is 0 Å². The summed E-state index contributed by atoms with van der Waals surface area (Å²) in [5.41, 5.74) is 0. The first kappa shape index (κ1) is 16.9. The minimum Gasteiger partial charge on any atom is -0.389 e. The van der Waals surface area contributed by atoms with Gasteiger partial charge in [0, 0.05) is 19.2 Å². The first-order valence-electron chi connectivity index (χ1n) is 6.91. The SMILES string of the molecule is CC(C)CC[C@@H](C)NC[C@H](O)COCC(C)C. The Bertz CT molecular complexity index is 172. The Kier molecular flexibility index (Phi) is 9.79. The van der Waals surface area contributed by atoms with E-state index in [9.17, 15) is 5.11 Å². The van der Waals surface area contributed by atoms with Gasteiger partial charge >= 0.3 is 0 Å². The highest BCUT2D eigenvalue weighted by atomic mass is 16.5. The molecule has 0 heterocycles. The van der Waals surface area contributed by atoms with E-state index in [0.717, 1.165) is 18.9 Å². The summed E-state index contributed by atoms with van der Waals surface area (Å²) in [7, 11) is 0. The molecule has 2 atom stereocenters. The van der Waals surface area contributed by atoms with Gasteiger partial charge in [0.15, 0.2) is 0 Å². The molecule has 17 heavy (non-hydrogen) atoms. The van der Waals surface area contributed by atoms with Crippen molar-refractivity contribution in [2.24, 2.45) is 11.8 Å². The molecule has 3 heteroatoms. The van der Waals surface area contributed by atoms with E-state index in [1.165, 1.54) is 6.42 Å². The van der Waals surface area contributed by atoms with Crippen molar-refractivity contribution < 1.29 is 9.84 Å². The van der Waals surface area contributed by atoms with Gasteiger partial charge in [-0.1, -0.05) is 27.7 Å². The summed E-state index contributed by atoms with van der Waals surface area (Å²) < 4.78 is 5.40. The predicted octanol–water partition coefficient (Wildman–Crippen LogP) is 2.43. The van der Waals surface area contributed by atoms with Gasteiger partial charge < -0.3 is 15.2 Å². The van der Waals surface area contributed by atoms with Crippen molar-refractivity contribution >= 4 is 0 Å². The lowest BCUT2D eigenvalue weighted by atomic mass is 10.0. The highest BCUT2D eigenvalue weighted by Crippen LogP contribution is 2.06. The van der Waals surface area contributed by atoms with Crippen LogP contribution in [0.25, 0.3) is 0 Å². The van der Waals surface area contributed by atoms with Crippen LogP contribution in [0.5, 0.6) is 0 Å². The van der Waals surface area contributed by atoms with Gasteiger partial charge in [0.05, 0.1) is 12.7 Å². The van der Waals surface area contributed by atoms with Gasteiger partial charge in [0.25, 0.3) is 0 Å². The zero-order chi connectivity index (χ0) is 13.3. The van der Waals surface area contributed by atoms with Crippen LogP contribution in [0, 0.1) is 11.8 Å². The molecule has 0 aromatic carbocycles. The molecule has 0 spiro atoms. The van der Waals surface area contributed by atoms with Gasteiger partial charge in [0.1, 0.15) is 0 Å². The van der Waals surface area contributed by atoms with Gasteiger partial charge in [-0.2, -0.15) is 0 Å². The standard InChI is InChI=1S/C14H31NO2/c1-11(2)6-7-13(5)15-8-14(16)10-17-9-12(3)4/h11-16H,6-10H2,1-5H3/t13-,14+/m1/s1. The van der Waals surface area contributed by atoms with Crippen LogP contribution in [-0.4, -0.2) is 37.0 Å². The van der Waals surface area contributed by atoms with Crippen molar-refractivity contribution in [1.82, 2.24) is 5.32 Å². The lowest BCUT2D eigenvalue weighted by Gasteiger charge is -2.18. The van der Waals surface area contributed by atoms with Crippen LogP contribution >= 0.6 is 0 Å². The third-order valence-corrected chi connectivity index (χ3v) is 2.64. The predicted molar refractivity (Wildman–Crippen MR) is 73.2 cm³/mol. The molecule has 3 nitrogen and oxygen atoms in total. The fraction of sp³-hybridized carbons (Fsp3) is 1.00. The summed E-state index contributed by atoms with van der Waals surface area (Å²) in [5.74, 6) is 1.28. The molecule has 0 aliphatic rings. The smallest absolute Gasteiger partial charge is 0.0897 e. The molecule has 0 amide bonds. The van der Waals surface area contributed by atoms with Gasteiger partial charge in [-0.05, 0) is 31.6 Å². The van der Waals surface area contributed by atoms with E-state index >= 15 is 0 Å². The molecule has 0 aromatic rings. The third kappa shape index (κ3) is 12.1. The maximum Gasteiger partial charge on any atom is 0.0897 e. The second-order valence-electron chi connectivity index (χ2n) is 5.87.